The van der Waals surface area contributed by atoms with E-state index in [2.05, 4.69) is 26.1 Å². The van der Waals surface area contributed by atoms with Gasteiger partial charge in [0.2, 0.25) is 5.75 Å². The Morgan fingerprint density at radius 2 is 1.54 bits per heavy atom. The zero-order valence-electron chi connectivity index (χ0n) is 17.4. The molecule has 6 heteroatoms. The van der Waals surface area contributed by atoms with Crippen molar-refractivity contribution in [3.05, 3.63) is 47.5 Å². The molecule has 6 nitrogen and oxygen atoms in total. The SMILES string of the molecule is COc1cc(CNC(=O)COc2ccccc2C(C)(C)C)cc(OC)c1OC. The van der Waals surface area contributed by atoms with Gasteiger partial charge in [0.05, 0.1) is 21.3 Å². The minimum atomic E-state index is -0.211. The van der Waals surface area contributed by atoms with Gasteiger partial charge >= 0.3 is 0 Å². The van der Waals surface area contributed by atoms with Crippen LogP contribution < -0.4 is 24.3 Å². The first kappa shape index (κ1) is 21.4. The molecule has 0 atom stereocenters. The second-order valence-electron chi connectivity index (χ2n) is 7.35. The van der Waals surface area contributed by atoms with Gasteiger partial charge in [-0.1, -0.05) is 39.0 Å². The Morgan fingerprint density at radius 1 is 0.929 bits per heavy atom. The summed E-state index contributed by atoms with van der Waals surface area (Å²) >= 11 is 0. The molecule has 0 aliphatic carbocycles. The standard InChI is InChI=1S/C22H29NO5/c1-22(2,3)16-9-7-8-10-17(16)28-14-20(24)23-13-15-11-18(25-4)21(27-6)19(12-15)26-5/h7-12H,13-14H2,1-6H3,(H,23,24). The van der Waals surface area contributed by atoms with Crippen molar-refractivity contribution in [3.8, 4) is 23.0 Å². The van der Waals surface area contributed by atoms with Crippen LogP contribution in [0.15, 0.2) is 36.4 Å². The Kier molecular flexibility index (Phi) is 7.15. The topological polar surface area (TPSA) is 66.0 Å². The number of carbonyl (C=O) groups excluding carboxylic acids is 1. The molecule has 0 fully saturated rings. The number of nitrogens with one attached hydrogen (secondary N) is 1. The van der Waals surface area contributed by atoms with Crippen molar-refractivity contribution >= 4 is 5.91 Å². The predicted molar refractivity (Wildman–Crippen MR) is 109 cm³/mol. The van der Waals surface area contributed by atoms with Crippen LogP contribution in [0.4, 0.5) is 0 Å². The maximum absolute atomic E-state index is 12.3. The van der Waals surface area contributed by atoms with E-state index in [4.69, 9.17) is 18.9 Å². The van der Waals surface area contributed by atoms with Gasteiger partial charge in [0.15, 0.2) is 18.1 Å². The van der Waals surface area contributed by atoms with Gasteiger partial charge in [0.1, 0.15) is 5.75 Å². The minimum Gasteiger partial charge on any atom is -0.493 e. The van der Waals surface area contributed by atoms with Gasteiger partial charge in [-0.2, -0.15) is 0 Å². The Bertz CT molecular complexity index is 786. The first-order chi connectivity index (χ1) is 13.3. The van der Waals surface area contributed by atoms with E-state index in [1.165, 1.54) is 0 Å². The first-order valence-electron chi connectivity index (χ1n) is 9.08. The van der Waals surface area contributed by atoms with Crippen molar-refractivity contribution in [3.63, 3.8) is 0 Å². The lowest BCUT2D eigenvalue weighted by molar-refractivity contribution is -0.123. The van der Waals surface area contributed by atoms with Gasteiger partial charge < -0.3 is 24.3 Å². The van der Waals surface area contributed by atoms with Crippen LogP contribution in [-0.2, 0) is 16.8 Å². The van der Waals surface area contributed by atoms with Crippen LogP contribution in [-0.4, -0.2) is 33.8 Å². The van der Waals surface area contributed by atoms with E-state index in [1.54, 1.807) is 33.5 Å². The van der Waals surface area contributed by atoms with E-state index in [-0.39, 0.29) is 17.9 Å². The molecule has 1 N–H and O–H groups in total. The second-order valence-corrected chi connectivity index (χ2v) is 7.35. The van der Waals surface area contributed by atoms with E-state index in [0.717, 1.165) is 16.9 Å². The molecule has 0 saturated carbocycles. The average molecular weight is 387 g/mol. The molecular weight excluding hydrogens is 358 g/mol. The van der Waals surface area contributed by atoms with E-state index in [1.807, 2.05) is 24.3 Å². The van der Waals surface area contributed by atoms with Crippen LogP contribution in [0.5, 0.6) is 23.0 Å². The zero-order valence-corrected chi connectivity index (χ0v) is 17.4. The maximum Gasteiger partial charge on any atom is 0.258 e. The molecule has 2 aromatic carbocycles. The number of para-hydroxylation sites is 1. The summed E-state index contributed by atoms with van der Waals surface area (Å²) in [6, 6.07) is 11.4. The Labute approximate surface area is 166 Å². The molecule has 0 heterocycles. The lowest BCUT2D eigenvalue weighted by Crippen LogP contribution is -2.29. The smallest absolute Gasteiger partial charge is 0.258 e. The van der Waals surface area contributed by atoms with Crippen molar-refractivity contribution < 1.29 is 23.7 Å². The number of hydrogen-bond donors (Lipinski definition) is 1. The molecule has 2 rings (SSSR count). The minimum absolute atomic E-state index is 0.0580. The van der Waals surface area contributed by atoms with Gasteiger partial charge in [0.25, 0.3) is 5.91 Å². The molecule has 152 valence electrons. The van der Waals surface area contributed by atoms with Crippen LogP contribution in [0.2, 0.25) is 0 Å². The van der Waals surface area contributed by atoms with Crippen LogP contribution >= 0.6 is 0 Å². The van der Waals surface area contributed by atoms with E-state index in [9.17, 15) is 4.79 Å². The highest BCUT2D eigenvalue weighted by Crippen LogP contribution is 2.38. The Balaban J connectivity index is 2.00. The van der Waals surface area contributed by atoms with Gasteiger partial charge in [-0.3, -0.25) is 4.79 Å². The number of hydrogen-bond acceptors (Lipinski definition) is 5. The molecule has 0 bridgehead atoms. The van der Waals surface area contributed by atoms with Crippen molar-refractivity contribution in [2.45, 2.75) is 32.7 Å². The summed E-state index contributed by atoms with van der Waals surface area (Å²) in [4.78, 5) is 12.3. The molecule has 0 spiro atoms. The van der Waals surface area contributed by atoms with E-state index in [0.29, 0.717) is 23.8 Å². The third-order valence-electron chi connectivity index (χ3n) is 4.27. The molecule has 1 amide bonds. The fraction of sp³-hybridized carbons (Fsp3) is 0.409. The lowest BCUT2D eigenvalue weighted by atomic mass is 9.86. The number of carbonyl (C=O) groups is 1. The number of methoxy groups -OCH3 is 3. The van der Waals surface area contributed by atoms with Crippen molar-refractivity contribution in [2.75, 3.05) is 27.9 Å². The van der Waals surface area contributed by atoms with Crippen LogP contribution in [0.1, 0.15) is 31.9 Å². The molecule has 0 saturated heterocycles. The molecule has 0 unspecified atom stereocenters. The van der Waals surface area contributed by atoms with Crippen LogP contribution in [0, 0.1) is 0 Å². The summed E-state index contributed by atoms with van der Waals surface area (Å²) in [6.07, 6.45) is 0. The van der Waals surface area contributed by atoms with Gasteiger partial charge in [0, 0.05) is 6.54 Å². The Morgan fingerprint density at radius 3 is 2.07 bits per heavy atom. The largest absolute Gasteiger partial charge is 0.493 e. The molecular formula is C22H29NO5. The zero-order chi connectivity index (χ0) is 20.7. The predicted octanol–water partition coefficient (Wildman–Crippen LogP) is 3.71. The third kappa shape index (κ3) is 5.31. The summed E-state index contributed by atoms with van der Waals surface area (Å²) in [5.41, 5.74) is 1.83. The Hall–Kier alpha value is -2.89. The average Bonchev–Trinajstić information content (AvgIpc) is 2.69. The fourth-order valence-electron chi connectivity index (χ4n) is 2.84. The first-order valence-corrected chi connectivity index (χ1v) is 9.08. The highest BCUT2D eigenvalue weighted by Gasteiger charge is 2.19. The number of amides is 1. The lowest BCUT2D eigenvalue weighted by Gasteiger charge is -2.22. The third-order valence-corrected chi connectivity index (χ3v) is 4.27. The van der Waals surface area contributed by atoms with Crippen LogP contribution in [0.25, 0.3) is 0 Å². The van der Waals surface area contributed by atoms with Crippen molar-refractivity contribution in [1.82, 2.24) is 5.32 Å². The molecule has 0 aliphatic heterocycles. The molecule has 0 aliphatic rings. The van der Waals surface area contributed by atoms with E-state index >= 15 is 0 Å². The number of benzene rings is 2. The monoisotopic (exact) mass is 387 g/mol. The summed E-state index contributed by atoms with van der Waals surface area (Å²) in [5.74, 6) is 2.11. The van der Waals surface area contributed by atoms with Crippen molar-refractivity contribution in [1.29, 1.82) is 0 Å². The van der Waals surface area contributed by atoms with Gasteiger partial charge in [-0.05, 0) is 34.7 Å². The summed E-state index contributed by atoms with van der Waals surface area (Å²) in [6.45, 7) is 6.59. The second kappa shape index (κ2) is 9.35. The highest BCUT2D eigenvalue weighted by molar-refractivity contribution is 5.77. The summed E-state index contributed by atoms with van der Waals surface area (Å²) < 4.78 is 21.7. The van der Waals surface area contributed by atoms with Crippen LogP contribution in [0.3, 0.4) is 0 Å². The normalized spacial score (nSPS) is 10.9. The van der Waals surface area contributed by atoms with E-state index < -0.39 is 0 Å². The summed E-state index contributed by atoms with van der Waals surface area (Å²) in [5, 5.41) is 2.85. The fourth-order valence-corrected chi connectivity index (χ4v) is 2.84. The summed E-state index contributed by atoms with van der Waals surface area (Å²) in [7, 11) is 4.66. The molecule has 2 aromatic rings. The quantitative estimate of drug-likeness (QED) is 0.748. The molecule has 0 radical (unpaired) electrons. The van der Waals surface area contributed by atoms with Crippen molar-refractivity contribution in [2.24, 2.45) is 0 Å². The molecule has 28 heavy (non-hydrogen) atoms. The van der Waals surface area contributed by atoms with Gasteiger partial charge in [-0.15, -0.1) is 0 Å². The highest BCUT2D eigenvalue weighted by atomic mass is 16.5. The molecule has 0 aromatic heterocycles. The number of rotatable bonds is 8. The van der Waals surface area contributed by atoms with Gasteiger partial charge in [-0.25, -0.2) is 0 Å². The number of ether oxygens (including phenoxy) is 4. The maximum atomic E-state index is 12.3.